The third-order valence-electron chi connectivity index (χ3n) is 2.91. The van der Waals surface area contributed by atoms with E-state index in [1.165, 1.54) is 0 Å². The minimum Gasteiger partial charge on any atom is -0.392 e. The van der Waals surface area contributed by atoms with Gasteiger partial charge in [0.25, 0.3) is 0 Å². The highest BCUT2D eigenvalue weighted by atomic mass is 16.3. The van der Waals surface area contributed by atoms with Crippen molar-refractivity contribution in [3.8, 4) is 0 Å². The van der Waals surface area contributed by atoms with Crippen LogP contribution in [0.1, 0.15) is 31.4 Å². The van der Waals surface area contributed by atoms with E-state index in [1.54, 1.807) is 0 Å². The maximum atomic E-state index is 11.8. The van der Waals surface area contributed by atoms with Gasteiger partial charge in [-0.2, -0.15) is 0 Å². The maximum Gasteiger partial charge on any atom is 0.227 e. The number of carbonyl (C=O) groups is 1. The van der Waals surface area contributed by atoms with Crippen molar-refractivity contribution < 1.29 is 9.90 Å². The van der Waals surface area contributed by atoms with Crippen LogP contribution in [0.2, 0.25) is 0 Å². The molecule has 0 saturated carbocycles. The molecule has 0 aromatic heterocycles. The van der Waals surface area contributed by atoms with Crippen LogP contribution in [0.25, 0.3) is 0 Å². The van der Waals surface area contributed by atoms with Crippen LogP contribution < -0.4 is 5.32 Å². The van der Waals surface area contributed by atoms with Crippen molar-refractivity contribution in [2.45, 2.75) is 40.2 Å². The molecule has 1 atom stereocenters. The number of carbonyl (C=O) groups excluding carboxylic acids is 1. The monoisotopic (exact) mass is 235 g/mol. The fourth-order valence-electron chi connectivity index (χ4n) is 1.63. The Hall–Kier alpha value is -1.35. The van der Waals surface area contributed by atoms with E-state index in [2.05, 4.69) is 5.32 Å². The normalized spacial score (nSPS) is 12.6. The van der Waals surface area contributed by atoms with Crippen LogP contribution in [0, 0.1) is 19.8 Å². The van der Waals surface area contributed by atoms with Crippen molar-refractivity contribution in [3.63, 3.8) is 0 Å². The van der Waals surface area contributed by atoms with E-state index in [0.29, 0.717) is 0 Å². The molecule has 1 unspecified atom stereocenters. The van der Waals surface area contributed by atoms with Crippen molar-refractivity contribution in [3.05, 3.63) is 29.3 Å². The predicted octanol–water partition coefficient (Wildman–Crippen LogP) is 2.65. The molecule has 0 spiro atoms. The molecule has 0 aliphatic carbocycles. The van der Waals surface area contributed by atoms with Crippen LogP contribution in [0.3, 0.4) is 0 Å². The molecule has 0 bridgehead atoms. The van der Waals surface area contributed by atoms with Gasteiger partial charge in [0.05, 0.1) is 12.5 Å². The van der Waals surface area contributed by atoms with Gasteiger partial charge in [-0.1, -0.05) is 32.0 Å². The van der Waals surface area contributed by atoms with E-state index in [9.17, 15) is 9.90 Å². The summed E-state index contributed by atoms with van der Waals surface area (Å²) in [7, 11) is 0. The number of benzene rings is 1. The highest BCUT2D eigenvalue weighted by Gasteiger charge is 2.15. The molecule has 0 fully saturated rings. The number of rotatable bonds is 4. The second-order valence-corrected chi connectivity index (χ2v) is 4.83. The number of hydrogen-bond donors (Lipinski definition) is 2. The van der Waals surface area contributed by atoms with Gasteiger partial charge in [0.2, 0.25) is 5.91 Å². The lowest BCUT2D eigenvalue weighted by Gasteiger charge is -2.16. The van der Waals surface area contributed by atoms with E-state index in [0.717, 1.165) is 16.8 Å². The van der Waals surface area contributed by atoms with Gasteiger partial charge in [0.15, 0.2) is 0 Å². The van der Waals surface area contributed by atoms with E-state index in [4.69, 9.17) is 0 Å². The van der Waals surface area contributed by atoms with Gasteiger partial charge in [-0.3, -0.25) is 4.79 Å². The number of para-hydroxylation sites is 1. The topological polar surface area (TPSA) is 49.3 Å². The summed E-state index contributed by atoms with van der Waals surface area (Å²) in [5, 5.41) is 12.5. The quantitative estimate of drug-likeness (QED) is 0.843. The Bertz CT molecular complexity index is 379. The molecular weight excluding hydrogens is 214 g/mol. The summed E-state index contributed by atoms with van der Waals surface area (Å²) in [5.74, 6) is -0.0395. The van der Waals surface area contributed by atoms with Crippen LogP contribution in [0.5, 0.6) is 0 Å². The number of amides is 1. The third-order valence-corrected chi connectivity index (χ3v) is 2.91. The first-order valence-corrected chi connectivity index (χ1v) is 5.96. The fourth-order valence-corrected chi connectivity index (χ4v) is 1.63. The van der Waals surface area contributed by atoms with Crippen LogP contribution in [0.15, 0.2) is 18.2 Å². The number of aliphatic hydroxyl groups is 1. The molecule has 3 heteroatoms. The SMILES string of the molecule is Cc1cccc(C)c1NC(=O)CC(O)C(C)C. The Kier molecular flexibility index (Phi) is 4.70. The van der Waals surface area contributed by atoms with E-state index < -0.39 is 6.10 Å². The molecule has 0 aliphatic heterocycles. The number of hydrogen-bond acceptors (Lipinski definition) is 2. The molecule has 1 aromatic carbocycles. The van der Waals surface area contributed by atoms with Crippen molar-refractivity contribution in [1.29, 1.82) is 0 Å². The molecule has 1 amide bonds. The summed E-state index contributed by atoms with van der Waals surface area (Å²) >= 11 is 0. The molecule has 1 rings (SSSR count). The number of nitrogens with one attached hydrogen (secondary N) is 1. The Morgan fingerprint density at radius 3 is 2.29 bits per heavy atom. The standard InChI is InChI=1S/C14H21NO2/c1-9(2)12(16)8-13(17)15-14-10(3)6-5-7-11(14)4/h5-7,9,12,16H,8H2,1-4H3,(H,15,17). The van der Waals surface area contributed by atoms with Crippen molar-refractivity contribution in [1.82, 2.24) is 0 Å². The van der Waals surface area contributed by atoms with Gasteiger partial charge in [-0.25, -0.2) is 0 Å². The van der Waals surface area contributed by atoms with E-state index in [1.807, 2.05) is 45.9 Å². The molecular formula is C14H21NO2. The van der Waals surface area contributed by atoms with Crippen LogP contribution >= 0.6 is 0 Å². The minimum atomic E-state index is -0.584. The second kappa shape index (κ2) is 5.82. The van der Waals surface area contributed by atoms with Gasteiger partial charge in [0.1, 0.15) is 0 Å². The predicted molar refractivity (Wildman–Crippen MR) is 70.0 cm³/mol. The van der Waals surface area contributed by atoms with E-state index in [-0.39, 0.29) is 18.2 Å². The van der Waals surface area contributed by atoms with Crippen LogP contribution in [-0.2, 0) is 4.79 Å². The summed E-state index contributed by atoms with van der Waals surface area (Å²) in [6.45, 7) is 7.72. The van der Waals surface area contributed by atoms with Crippen molar-refractivity contribution in [2.75, 3.05) is 5.32 Å². The second-order valence-electron chi connectivity index (χ2n) is 4.83. The molecule has 3 nitrogen and oxygen atoms in total. The van der Waals surface area contributed by atoms with Gasteiger partial charge in [0, 0.05) is 5.69 Å². The first-order valence-electron chi connectivity index (χ1n) is 5.96. The molecule has 17 heavy (non-hydrogen) atoms. The molecule has 94 valence electrons. The van der Waals surface area contributed by atoms with Crippen molar-refractivity contribution in [2.24, 2.45) is 5.92 Å². The molecule has 1 aromatic rings. The number of aliphatic hydroxyl groups excluding tert-OH is 1. The number of aryl methyl sites for hydroxylation is 2. The zero-order valence-electron chi connectivity index (χ0n) is 10.9. The largest absolute Gasteiger partial charge is 0.392 e. The summed E-state index contributed by atoms with van der Waals surface area (Å²) in [4.78, 5) is 11.8. The summed E-state index contributed by atoms with van der Waals surface area (Å²) in [5.41, 5.74) is 2.93. The zero-order chi connectivity index (χ0) is 13.0. The first-order chi connectivity index (χ1) is 7.91. The Morgan fingerprint density at radius 2 is 1.82 bits per heavy atom. The minimum absolute atomic E-state index is 0.0960. The highest BCUT2D eigenvalue weighted by Crippen LogP contribution is 2.20. The van der Waals surface area contributed by atoms with E-state index >= 15 is 0 Å². The average Bonchev–Trinajstić information content (AvgIpc) is 2.23. The van der Waals surface area contributed by atoms with Crippen LogP contribution in [-0.4, -0.2) is 17.1 Å². The summed E-state index contributed by atoms with van der Waals surface area (Å²) in [6, 6.07) is 5.88. The molecule has 0 heterocycles. The molecule has 2 N–H and O–H groups in total. The average molecular weight is 235 g/mol. The van der Waals surface area contributed by atoms with Gasteiger partial charge >= 0.3 is 0 Å². The molecule has 0 aliphatic rings. The fraction of sp³-hybridized carbons (Fsp3) is 0.500. The maximum absolute atomic E-state index is 11.8. The first kappa shape index (κ1) is 13.7. The van der Waals surface area contributed by atoms with Crippen LogP contribution in [0.4, 0.5) is 5.69 Å². The smallest absolute Gasteiger partial charge is 0.227 e. The lowest BCUT2D eigenvalue weighted by molar-refractivity contribution is -0.118. The highest BCUT2D eigenvalue weighted by molar-refractivity contribution is 5.92. The third kappa shape index (κ3) is 3.86. The Labute approximate surface area is 103 Å². The molecule has 0 radical (unpaired) electrons. The van der Waals surface area contributed by atoms with Gasteiger partial charge in [-0.05, 0) is 30.9 Å². The Balaban J connectivity index is 2.69. The summed E-state index contributed by atoms with van der Waals surface area (Å²) in [6.07, 6.45) is -0.440. The van der Waals surface area contributed by atoms with Gasteiger partial charge < -0.3 is 10.4 Å². The number of anilines is 1. The lowest BCUT2D eigenvalue weighted by Crippen LogP contribution is -2.24. The molecule has 0 saturated heterocycles. The summed E-state index contributed by atoms with van der Waals surface area (Å²) < 4.78 is 0. The lowest BCUT2D eigenvalue weighted by atomic mass is 10.0. The zero-order valence-corrected chi connectivity index (χ0v) is 10.9. The Morgan fingerprint density at radius 1 is 1.29 bits per heavy atom. The van der Waals surface area contributed by atoms with Crippen molar-refractivity contribution >= 4 is 11.6 Å². The van der Waals surface area contributed by atoms with Gasteiger partial charge in [-0.15, -0.1) is 0 Å².